The lowest BCUT2D eigenvalue weighted by molar-refractivity contribution is -0.136. The Morgan fingerprint density at radius 3 is 2.33 bits per heavy atom. The first-order chi connectivity index (χ1) is 11.8. The first-order valence-electron chi connectivity index (χ1n) is 7.17. The molecule has 0 saturated carbocycles. The number of halogens is 4. The van der Waals surface area contributed by atoms with Crippen LogP contribution >= 0.6 is 24.6 Å². The second-order valence-corrected chi connectivity index (χ2v) is 7.42. The molecule has 27 heavy (non-hydrogen) atoms. The number of guanidine groups is 1. The Balaban J connectivity index is 0.00000364. The highest BCUT2D eigenvalue weighted by molar-refractivity contribution is 8.93. The Kier molecular flexibility index (Phi) is 6.87. The van der Waals surface area contributed by atoms with E-state index in [4.69, 9.17) is 21.3 Å². The van der Waals surface area contributed by atoms with E-state index in [2.05, 4.69) is 4.99 Å². The zero-order valence-corrected chi connectivity index (χ0v) is 16.5. The molecule has 0 aliphatic rings. The van der Waals surface area contributed by atoms with Crippen LogP contribution in [-0.4, -0.2) is 32.4 Å². The zero-order valence-electron chi connectivity index (χ0n) is 13.9. The molecule has 0 aliphatic heterocycles. The summed E-state index contributed by atoms with van der Waals surface area (Å²) in [5.41, 5.74) is 9.21. The standard InChI is InChI=1S/C14H16F3N4O4P.BrH/c1-21-10-5-7(2-3-26(23,24)25)4-9(14(15,16)17)8(10)6-11(21)12(22)20-13(18)19;/h4-6H,2-3H2,1H3,(H2,23,24,25)(H4,18,19,20,22);1H. The largest absolute Gasteiger partial charge is 0.417 e. The van der Waals surface area contributed by atoms with Crippen LogP contribution in [0.5, 0.6) is 0 Å². The molecule has 150 valence electrons. The van der Waals surface area contributed by atoms with Crippen LogP contribution in [0.25, 0.3) is 10.9 Å². The van der Waals surface area contributed by atoms with E-state index in [1.54, 1.807) is 0 Å². The predicted molar refractivity (Wildman–Crippen MR) is 99.0 cm³/mol. The van der Waals surface area contributed by atoms with Crippen LogP contribution in [0.4, 0.5) is 13.2 Å². The summed E-state index contributed by atoms with van der Waals surface area (Å²) in [7, 11) is -3.01. The number of hydrogen-bond acceptors (Lipinski definition) is 2. The highest BCUT2D eigenvalue weighted by atomic mass is 79.9. The number of hydrogen-bond donors (Lipinski definition) is 4. The van der Waals surface area contributed by atoms with Gasteiger partial charge in [0.2, 0.25) is 0 Å². The van der Waals surface area contributed by atoms with Crippen molar-refractivity contribution < 1.29 is 32.3 Å². The number of aryl methyl sites for hydroxylation is 2. The van der Waals surface area contributed by atoms with Gasteiger partial charge in [-0.2, -0.15) is 18.2 Å². The first-order valence-corrected chi connectivity index (χ1v) is 8.97. The van der Waals surface area contributed by atoms with Gasteiger partial charge in [0.05, 0.1) is 11.7 Å². The minimum absolute atomic E-state index is 0. The molecule has 0 saturated heterocycles. The zero-order chi connectivity index (χ0) is 19.9. The van der Waals surface area contributed by atoms with Crippen LogP contribution in [0.3, 0.4) is 0 Å². The van der Waals surface area contributed by atoms with Crippen LogP contribution in [0.2, 0.25) is 0 Å². The molecule has 0 fully saturated rings. The van der Waals surface area contributed by atoms with Crippen molar-refractivity contribution in [2.24, 2.45) is 23.5 Å². The maximum Gasteiger partial charge on any atom is 0.417 e. The second kappa shape index (κ2) is 8.01. The van der Waals surface area contributed by atoms with E-state index in [0.29, 0.717) is 0 Å². The molecule has 0 radical (unpaired) electrons. The van der Waals surface area contributed by atoms with Gasteiger partial charge in [0.1, 0.15) is 5.69 Å². The molecule has 13 heteroatoms. The van der Waals surface area contributed by atoms with Gasteiger partial charge in [-0.15, -0.1) is 17.0 Å². The number of amides is 1. The van der Waals surface area contributed by atoms with Gasteiger partial charge in [0.25, 0.3) is 5.91 Å². The molecular weight excluding hydrogens is 456 g/mol. The monoisotopic (exact) mass is 472 g/mol. The van der Waals surface area contributed by atoms with E-state index in [-0.39, 0.29) is 45.6 Å². The van der Waals surface area contributed by atoms with Gasteiger partial charge in [-0.25, -0.2) is 0 Å². The number of aromatic nitrogens is 1. The molecule has 8 nitrogen and oxygen atoms in total. The third-order valence-corrected chi connectivity index (χ3v) is 4.47. The Hall–Kier alpha value is -1.88. The summed E-state index contributed by atoms with van der Waals surface area (Å²) in [5.74, 6) is -1.44. The normalized spacial score (nSPS) is 11.9. The lowest BCUT2D eigenvalue weighted by atomic mass is 10.0. The lowest BCUT2D eigenvalue weighted by Crippen LogP contribution is -2.24. The topological polar surface area (TPSA) is 144 Å². The van der Waals surface area contributed by atoms with Crippen LogP contribution in [0.15, 0.2) is 23.2 Å². The molecule has 2 rings (SSSR count). The number of benzene rings is 1. The number of carbonyl (C=O) groups excluding carboxylic acids is 1. The molecule has 2 aromatic rings. The van der Waals surface area contributed by atoms with Crippen molar-refractivity contribution in [2.75, 3.05) is 6.16 Å². The van der Waals surface area contributed by atoms with Gasteiger partial charge >= 0.3 is 13.8 Å². The average Bonchev–Trinajstić information content (AvgIpc) is 2.79. The van der Waals surface area contributed by atoms with E-state index in [0.717, 1.165) is 12.1 Å². The third-order valence-electron chi connectivity index (χ3n) is 3.67. The molecule has 0 aliphatic carbocycles. The lowest BCUT2D eigenvalue weighted by Gasteiger charge is -2.12. The van der Waals surface area contributed by atoms with E-state index in [9.17, 15) is 22.5 Å². The van der Waals surface area contributed by atoms with Gasteiger partial charge in [0, 0.05) is 18.0 Å². The third kappa shape index (κ3) is 5.55. The van der Waals surface area contributed by atoms with Crippen molar-refractivity contribution in [3.8, 4) is 0 Å². The van der Waals surface area contributed by atoms with Gasteiger partial charge in [-0.3, -0.25) is 9.36 Å². The minimum atomic E-state index is -4.73. The number of alkyl halides is 3. The number of rotatable bonds is 4. The number of aliphatic imine (C=N–C) groups is 1. The van der Waals surface area contributed by atoms with Crippen molar-refractivity contribution in [1.29, 1.82) is 0 Å². The molecule has 1 heterocycles. The molecule has 6 N–H and O–H groups in total. The van der Waals surface area contributed by atoms with Crippen LogP contribution < -0.4 is 11.5 Å². The molecule has 1 aromatic carbocycles. The minimum Gasteiger partial charge on any atom is -0.370 e. The number of nitrogens with two attached hydrogens (primary N) is 2. The molecule has 0 atom stereocenters. The van der Waals surface area contributed by atoms with Crippen molar-refractivity contribution in [1.82, 2.24) is 4.57 Å². The quantitative estimate of drug-likeness (QED) is 0.304. The summed E-state index contributed by atoms with van der Waals surface area (Å²) in [5, 5.41) is -0.242. The van der Waals surface area contributed by atoms with Crippen molar-refractivity contribution in [3.63, 3.8) is 0 Å². The number of nitrogens with zero attached hydrogens (tertiary/aromatic N) is 2. The fourth-order valence-corrected chi connectivity index (χ4v) is 3.07. The molecule has 1 aromatic heterocycles. The van der Waals surface area contributed by atoms with Gasteiger partial charge < -0.3 is 25.8 Å². The Labute approximate surface area is 162 Å². The molecule has 1 amide bonds. The number of carbonyl (C=O) groups is 1. The van der Waals surface area contributed by atoms with E-state index < -0.39 is 37.4 Å². The smallest absolute Gasteiger partial charge is 0.370 e. The Bertz CT molecular complexity index is 948. The number of fused-ring (bicyclic) bond motifs is 1. The first kappa shape index (κ1) is 23.2. The van der Waals surface area contributed by atoms with Crippen molar-refractivity contribution >= 4 is 47.3 Å². The van der Waals surface area contributed by atoms with E-state index in [1.807, 2.05) is 0 Å². The van der Waals surface area contributed by atoms with Gasteiger partial charge in [-0.1, -0.05) is 0 Å². The van der Waals surface area contributed by atoms with Gasteiger partial charge in [0.15, 0.2) is 5.96 Å². The summed E-state index contributed by atoms with van der Waals surface area (Å²) in [4.78, 5) is 33.2. The molecule has 0 spiro atoms. The van der Waals surface area contributed by atoms with Crippen LogP contribution in [0.1, 0.15) is 21.6 Å². The summed E-state index contributed by atoms with van der Waals surface area (Å²) >= 11 is 0. The molecule has 0 bridgehead atoms. The van der Waals surface area contributed by atoms with Gasteiger partial charge in [-0.05, 0) is 30.2 Å². The summed E-state index contributed by atoms with van der Waals surface area (Å²) < 4.78 is 52.4. The Morgan fingerprint density at radius 1 is 1.26 bits per heavy atom. The maximum absolute atomic E-state index is 13.4. The Morgan fingerprint density at radius 2 is 1.85 bits per heavy atom. The van der Waals surface area contributed by atoms with E-state index in [1.165, 1.54) is 17.7 Å². The maximum atomic E-state index is 13.4. The summed E-state index contributed by atoms with van der Waals surface area (Å²) in [6.45, 7) is 0. The SMILES string of the molecule is Br.Cn1c(C(=O)N=C(N)N)cc2c(C(F)(F)F)cc(CCP(=O)(O)O)cc21. The van der Waals surface area contributed by atoms with Crippen molar-refractivity contribution in [3.05, 3.63) is 35.0 Å². The fraction of sp³-hybridized carbons (Fsp3) is 0.286. The van der Waals surface area contributed by atoms with Crippen LogP contribution in [-0.2, 0) is 24.2 Å². The average molecular weight is 473 g/mol. The predicted octanol–water partition coefficient (Wildman–Crippen LogP) is 1.91. The highest BCUT2D eigenvalue weighted by Crippen LogP contribution is 2.39. The second-order valence-electron chi connectivity index (χ2n) is 5.64. The molecular formula is C14H17BrF3N4O4P. The molecule has 0 unspecified atom stereocenters. The van der Waals surface area contributed by atoms with Crippen molar-refractivity contribution in [2.45, 2.75) is 12.6 Å². The van der Waals surface area contributed by atoms with E-state index >= 15 is 0 Å². The highest BCUT2D eigenvalue weighted by Gasteiger charge is 2.34. The summed E-state index contributed by atoms with van der Waals surface area (Å²) in [6.07, 6.45) is -5.58. The summed E-state index contributed by atoms with van der Waals surface area (Å²) in [6, 6.07) is 3.18. The van der Waals surface area contributed by atoms with Crippen LogP contribution in [0, 0.1) is 0 Å². The fourth-order valence-electron chi connectivity index (χ4n) is 2.52.